The minimum absolute atomic E-state index is 0. The summed E-state index contributed by atoms with van der Waals surface area (Å²) in [5, 5.41) is 15.8. The molecule has 140 valence electrons. The number of nitrogens with one attached hydrogen (secondary N) is 2. The van der Waals surface area contributed by atoms with Gasteiger partial charge in [-0.2, -0.15) is 0 Å². The second kappa shape index (κ2) is 10.5. The molecule has 0 aliphatic heterocycles. The number of nitrogens with zero attached hydrogens (tertiary/aromatic N) is 1. The van der Waals surface area contributed by atoms with Crippen LogP contribution >= 0.6 is 12.4 Å². The van der Waals surface area contributed by atoms with Crippen LogP contribution in [-0.2, 0) is 16.1 Å². The molecule has 1 aromatic carbocycles. The number of hydrogen-bond acceptors (Lipinski definition) is 6. The minimum atomic E-state index is -0.685. The second-order valence-electron chi connectivity index (χ2n) is 5.52. The zero-order valence-electron chi connectivity index (χ0n) is 14.3. The van der Waals surface area contributed by atoms with E-state index in [1.807, 2.05) is 0 Å². The number of nitrogens with two attached hydrogens (primary N) is 1. The van der Waals surface area contributed by atoms with Gasteiger partial charge in [-0.05, 0) is 12.0 Å². The van der Waals surface area contributed by atoms with Gasteiger partial charge in [0.2, 0.25) is 11.8 Å². The highest BCUT2D eigenvalue weighted by molar-refractivity contribution is 5.87. The van der Waals surface area contributed by atoms with Gasteiger partial charge in [-0.15, -0.1) is 12.4 Å². The van der Waals surface area contributed by atoms with Crippen LogP contribution in [0, 0.1) is 16.0 Å². The van der Waals surface area contributed by atoms with Gasteiger partial charge in [-0.3, -0.25) is 19.7 Å². The standard InChI is InChI=1S/C15H22N4O5.ClH/c1-9(2)14(16)15(21)18-8-13(20)17-7-10-6-11(19(22)23)4-5-12(10)24-3;/h4-6,9,14H,7-8,16H2,1-3H3,(H,17,20)(H,18,21);1H/t14-;/m0./s1. The van der Waals surface area contributed by atoms with Crippen molar-refractivity contribution in [3.8, 4) is 5.75 Å². The molecule has 9 nitrogen and oxygen atoms in total. The highest BCUT2D eigenvalue weighted by Gasteiger charge is 2.18. The van der Waals surface area contributed by atoms with Gasteiger partial charge in [-0.25, -0.2) is 0 Å². The molecule has 4 N–H and O–H groups in total. The van der Waals surface area contributed by atoms with Crippen LogP contribution in [0.3, 0.4) is 0 Å². The number of halogens is 1. The van der Waals surface area contributed by atoms with Crippen molar-refractivity contribution in [1.82, 2.24) is 10.6 Å². The molecular formula is C15H23ClN4O5. The van der Waals surface area contributed by atoms with Gasteiger partial charge in [-0.1, -0.05) is 13.8 Å². The number of benzene rings is 1. The highest BCUT2D eigenvalue weighted by atomic mass is 35.5. The summed E-state index contributed by atoms with van der Waals surface area (Å²) in [6.45, 7) is 3.42. The van der Waals surface area contributed by atoms with Crippen molar-refractivity contribution < 1.29 is 19.2 Å². The molecule has 2 amide bonds. The Labute approximate surface area is 151 Å². The molecule has 0 aromatic heterocycles. The van der Waals surface area contributed by atoms with Crippen LogP contribution in [0.2, 0.25) is 0 Å². The average molecular weight is 375 g/mol. The second-order valence-corrected chi connectivity index (χ2v) is 5.52. The van der Waals surface area contributed by atoms with E-state index < -0.39 is 22.8 Å². The SMILES string of the molecule is COc1ccc([N+](=O)[O-])cc1CNC(=O)CNC(=O)[C@@H](N)C(C)C.Cl. The fourth-order valence-corrected chi connectivity index (χ4v) is 1.86. The molecule has 0 heterocycles. The number of methoxy groups -OCH3 is 1. The summed E-state index contributed by atoms with van der Waals surface area (Å²) in [5.74, 6) is -0.463. The van der Waals surface area contributed by atoms with E-state index >= 15 is 0 Å². The predicted octanol–water partition coefficient (Wildman–Crippen LogP) is 0.741. The average Bonchev–Trinajstić information content (AvgIpc) is 2.56. The number of non-ortho nitro benzene ring substituents is 1. The molecular weight excluding hydrogens is 352 g/mol. The number of rotatable bonds is 8. The molecule has 25 heavy (non-hydrogen) atoms. The van der Waals surface area contributed by atoms with E-state index in [0.29, 0.717) is 11.3 Å². The molecule has 0 aliphatic carbocycles. The van der Waals surface area contributed by atoms with Gasteiger partial charge in [0.15, 0.2) is 0 Å². The van der Waals surface area contributed by atoms with Crippen LogP contribution < -0.4 is 21.1 Å². The summed E-state index contributed by atoms with van der Waals surface area (Å²) in [6, 6.07) is 3.42. The van der Waals surface area contributed by atoms with Crippen LogP contribution in [0.5, 0.6) is 5.75 Å². The first-order valence-electron chi connectivity index (χ1n) is 7.37. The van der Waals surface area contributed by atoms with E-state index in [-0.39, 0.29) is 37.1 Å². The lowest BCUT2D eigenvalue weighted by Gasteiger charge is -2.15. The highest BCUT2D eigenvalue weighted by Crippen LogP contribution is 2.23. The lowest BCUT2D eigenvalue weighted by molar-refractivity contribution is -0.384. The molecule has 0 unspecified atom stereocenters. The van der Waals surface area contributed by atoms with Gasteiger partial charge < -0.3 is 21.1 Å². The van der Waals surface area contributed by atoms with Crippen LogP contribution in [0.1, 0.15) is 19.4 Å². The van der Waals surface area contributed by atoms with Crippen molar-refractivity contribution in [3.05, 3.63) is 33.9 Å². The third-order valence-electron chi connectivity index (χ3n) is 3.39. The van der Waals surface area contributed by atoms with Crippen molar-refractivity contribution in [2.24, 2.45) is 11.7 Å². The zero-order chi connectivity index (χ0) is 18.3. The number of nitro benzene ring substituents is 1. The molecule has 0 saturated carbocycles. The smallest absolute Gasteiger partial charge is 0.270 e. The Bertz CT molecular complexity index is 624. The first-order chi connectivity index (χ1) is 11.3. The lowest BCUT2D eigenvalue weighted by atomic mass is 10.1. The first-order valence-corrected chi connectivity index (χ1v) is 7.37. The normalized spacial score (nSPS) is 11.2. The summed E-state index contributed by atoms with van der Waals surface area (Å²) >= 11 is 0. The van der Waals surface area contributed by atoms with Gasteiger partial charge in [0.1, 0.15) is 5.75 Å². The fraction of sp³-hybridized carbons (Fsp3) is 0.467. The van der Waals surface area contributed by atoms with Gasteiger partial charge >= 0.3 is 0 Å². The maximum Gasteiger partial charge on any atom is 0.270 e. The van der Waals surface area contributed by atoms with Gasteiger partial charge in [0, 0.05) is 24.2 Å². The molecule has 1 rings (SSSR count). The number of carbonyl (C=O) groups excluding carboxylic acids is 2. The molecule has 0 saturated heterocycles. The Balaban J connectivity index is 0.00000576. The maximum absolute atomic E-state index is 11.8. The van der Waals surface area contributed by atoms with Crippen molar-refractivity contribution >= 4 is 29.9 Å². The Kier molecular flexibility index (Phi) is 9.47. The van der Waals surface area contributed by atoms with E-state index in [1.165, 1.54) is 25.3 Å². The van der Waals surface area contributed by atoms with Crippen LogP contribution in [-0.4, -0.2) is 36.4 Å². The van der Waals surface area contributed by atoms with E-state index in [1.54, 1.807) is 13.8 Å². The van der Waals surface area contributed by atoms with Crippen molar-refractivity contribution in [1.29, 1.82) is 0 Å². The number of nitro groups is 1. The Morgan fingerprint density at radius 2 is 1.96 bits per heavy atom. The monoisotopic (exact) mass is 374 g/mol. The Morgan fingerprint density at radius 1 is 1.32 bits per heavy atom. The lowest BCUT2D eigenvalue weighted by Crippen LogP contribution is -2.47. The topological polar surface area (TPSA) is 137 Å². The Morgan fingerprint density at radius 3 is 2.48 bits per heavy atom. The number of ether oxygens (including phenoxy) is 1. The van der Waals surface area contributed by atoms with Crippen LogP contribution in [0.25, 0.3) is 0 Å². The zero-order valence-corrected chi connectivity index (χ0v) is 15.1. The van der Waals surface area contributed by atoms with Gasteiger partial charge in [0.25, 0.3) is 5.69 Å². The number of carbonyl (C=O) groups is 2. The van der Waals surface area contributed by atoms with Gasteiger partial charge in [0.05, 0.1) is 24.6 Å². The summed E-state index contributed by atoms with van der Waals surface area (Å²) in [4.78, 5) is 33.7. The molecule has 1 aromatic rings. The third kappa shape index (κ3) is 6.94. The third-order valence-corrected chi connectivity index (χ3v) is 3.39. The summed E-state index contributed by atoms with van der Waals surface area (Å²) in [7, 11) is 1.43. The van der Waals surface area contributed by atoms with Crippen LogP contribution in [0.15, 0.2) is 18.2 Å². The Hall–Kier alpha value is -2.39. The largest absolute Gasteiger partial charge is 0.496 e. The number of amides is 2. The predicted molar refractivity (Wildman–Crippen MR) is 94.6 cm³/mol. The molecule has 0 fully saturated rings. The number of hydrogen-bond donors (Lipinski definition) is 3. The minimum Gasteiger partial charge on any atom is -0.496 e. The molecule has 10 heteroatoms. The molecule has 1 atom stereocenters. The summed E-state index contributed by atoms with van der Waals surface area (Å²) in [5.41, 5.74) is 6.03. The summed E-state index contributed by atoms with van der Waals surface area (Å²) < 4.78 is 5.11. The van der Waals surface area contributed by atoms with Crippen molar-refractivity contribution in [2.45, 2.75) is 26.4 Å². The molecule has 0 bridgehead atoms. The molecule has 0 aliphatic rings. The first kappa shape index (κ1) is 22.6. The molecule has 0 spiro atoms. The van der Waals surface area contributed by atoms with E-state index in [9.17, 15) is 19.7 Å². The summed E-state index contributed by atoms with van der Waals surface area (Å²) in [6.07, 6.45) is 0. The fourth-order valence-electron chi connectivity index (χ4n) is 1.86. The van der Waals surface area contributed by atoms with E-state index in [0.717, 1.165) is 0 Å². The molecule has 0 radical (unpaired) electrons. The van der Waals surface area contributed by atoms with Crippen LogP contribution in [0.4, 0.5) is 5.69 Å². The van der Waals surface area contributed by atoms with Crippen molar-refractivity contribution in [3.63, 3.8) is 0 Å². The maximum atomic E-state index is 11.8. The van der Waals surface area contributed by atoms with E-state index in [2.05, 4.69) is 10.6 Å². The van der Waals surface area contributed by atoms with E-state index in [4.69, 9.17) is 10.5 Å². The quantitative estimate of drug-likeness (QED) is 0.453. The van der Waals surface area contributed by atoms with Crippen molar-refractivity contribution in [2.75, 3.05) is 13.7 Å².